The Balaban J connectivity index is 1.71. The van der Waals surface area contributed by atoms with Gasteiger partial charge < -0.3 is 10.6 Å². The predicted octanol–water partition coefficient (Wildman–Crippen LogP) is 5.24. The molecule has 4 aromatic rings. The molecule has 0 unspecified atom stereocenters. The van der Waals surface area contributed by atoms with Crippen LogP contribution in [0.2, 0.25) is 5.02 Å². The molecule has 5 rings (SSSR count). The number of fused-ring (bicyclic) bond motifs is 1. The number of hydrogen-bond donors (Lipinski definition) is 2. The van der Waals surface area contributed by atoms with Gasteiger partial charge in [-0.05, 0) is 54.6 Å². The van der Waals surface area contributed by atoms with Crippen LogP contribution in [-0.4, -0.2) is 47.8 Å². The van der Waals surface area contributed by atoms with Crippen molar-refractivity contribution in [1.29, 1.82) is 0 Å². The SMILES string of the molecule is CN(C)S(=O)(=O)n1nccc1-c1cc(NC(=O)c2cc(F)cc(C(F)(F)F)c2)c2c(c1)C(=O)N[C@@H]2c1cc(F)ccc1Cl. The number of hydrogen-bond acceptors (Lipinski definition) is 5. The molecule has 0 radical (unpaired) electrons. The molecule has 0 saturated carbocycles. The van der Waals surface area contributed by atoms with E-state index in [1.54, 1.807) is 0 Å². The lowest BCUT2D eigenvalue weighted by Crippen LogP contribution is -2.30. The van der Waals surface area contributed by atoms with Crippen molar-refractivity contribution in [2.24, 2.45) is 0 Å². The van der Waals surface area contributed by atoms with Crippen LogP contribution in [0.15, 0.2) is 60.8 Å². The Morgan fingerprint density at radius 1 is 1.05 bits per heavy atom. The van der Waals surface area contributed by atoms with Crippen LogP contribution in [-0.2, 0) is 16.4 Å². The van der Waals surface area contributed by atoms with Gasteiger partial charge in [0.25, 0.3) is 11.8 Å². The van der Waals surface area contributed by atoms with Gasteiger partial charge in [0, 0.05) is 52.6 Å². The summed E-state index contributed by atoms with van der Waals surface area (Å²) in [5.41, 5.74) is -2.16. The number of aromatic nitrogens is 2. The Hall–Kier alpha value is -4.34. The first-order chi connectivity index (χ1) is 20.1. The van der Waals surface area contributed by atoms with Crippen molar-refractivity contribution >= 4 is 39.3 Å². The molecule has 224 valence electrons. The van der Waals surface area contributed by atoms with E-state index in [0.717, 1.165) is 16.4 Å². The zero-order chi connectivity index (χ0) is 31.4. The Bertz CT molecular complexity index is 1910. The van der Waals surface area contributed by atoms with Crippen molar-refractivity contribution in [1.82, 2.24) is 18.8 Å². The lowest BCUT2D eigenvalue weighted by Gasteiger charge is -2.20. The minimum absolute atomic E-state index is 0.0304. The standard InChI is InChI=1S/C27H19ClF5N5O4S/c1-37(2)43(41,42)38-22(5-6-34-38)13-9-19-23(24(36-26(19)40)18-12-16(29)3-4-20(18)28)21(10-13)35-25(39)14-7-15(27(31,32)33)11-17(30)8-14/h3-12,24H,1-2H3,(H,35,39)(H,36,40)/t24-/m1/s1. The molecule has 0 bridgehead atoms. The lowest BCUT2D eigenvalue weighted by atomic mass is 9.93. The molecule has 2 heterocycles. The maximum Gasteiger partial charge on any atom is 0.416 e. The number of amides is 2. The summed E-state index contributed by atoms with van der Waals surface area (Å²) < 4.78 is 95.6. The first-order valence-corrected chi connectivity index (χ1v) is 14.0. The molecule has 0 saturated heterocycles. The molecule has 1 atom stereocenters. The number of nitrogens with one attached hydrogen (secondary N) is 2. The van der Waals surface area contributed by atoms with Crippen LogP contribution in [0.4, 0.5) is 27.6 Å². The Labute approximate surface area is 246 Å². The third-order valence-electron chi connectivity index (χ3n) is 6.58. The van der Waals surface area contributed by atoms with Gasteiger partial charge in [-0.2, -0.15) is 31.0 Å². The highest BCUT2D eigenvalue weighted by atomic mass is 35.5. The van der Waals surface area contributed by atoms with Gasteiger partial charge in [0.15, 0.2) is 0 Å². The van der Waals surface area contributed by atoms with Crippen LogP contribution in [0, 0.1) is 11.6 Å². The fourth-order valence-electron chi connectivity index (χ4n) is 4.57. The molecule has 2 N–H and O–H groups in total. The van der Waals surface area contributed by atoms with Gasteiger partial charge in [-0.25, -0.2) is 8.78 Å². The Morgan fingerprint density at radius 3 is 2.44 bits per heavy atom. The zero-order valence-electron chi connectivity index (χ0n) is 22.0. The van der Waals surface area contributed by atoms with E-state index in [0.29, 0.717) is 16.2 Å². The predicted molar refractivity (Wildman–Crippen MR) is 146 cm³/mol. The van der Waals surface area contributed by atoms with Crippen LogP contribution in [0.25, 0.3) is 11.3 Å². The van der Waals surface area contributed by atoms with E-state index in [2.05, 4.69) is 15.7 Å². The Kier molecular flexibility index (Phi) is 7.52. The smallest absolute Gasteiger partial charge is 0.341 e. The van der Waals surface area contributed by atoms with Crippen LogP contribution in [0.3, 0.4) is 0 Å². The molecule has 0 spiro atoms. The second kappa shape index (κ2) is 10.7. The third-order valence-corrected chi connectivity index (χ3v) is 8.57. The maximum absolute atomic E-state index is 14.2. The van der Waals surface area contributed by atoms with Crippen molar-refractivity contribution in [2.75, 3.05) is 19.4 Å². The van der Waals surface area contributed by atoms with E-state index in [-0.39, 0.29) is 44.7 Å². The number of halogens is 6. The average molecular weight is 640 g/mol. The number of carbonyl (C=O) groups is 2. The minimum Gasteiger partial charge on any atom is -0.341 e. The number of nitrogens with zero attached hydrogens (tertiary/aromatic N) is 3. The molecule has 1 aromatic heterocycles. The van der Waals surface area contributed by atoms with E-state index >= 15 is 0 Å². The van der Waals surface area contributed by atoms with Gasteiger partial charge in [-0.3, -0.25) is 9.59 Å². The molecule has 16 heteroatoms. The average Bonchev–Trinajstić information content (AvgIpc) is 3.55. The summed E-state index contributed by atoms with van der Waals surface area (Å²) >= 11 is 6.30. The highest BCUT2D eigenvalue weighted by Gasteiger charge is 2.36. The molecule has 1 aliphatic rings. The summed E-state index contributed by atoms with van der Waals surface area (Å²) in [4.78, 5) is 26.4. The summed E-state index contributed by atoms with van der Waals surface area (Å²) in [7, 11) is -1.63. The molecule has 0 fully saturated rings. The fraction of sp³-hybridized carbons (Fsp3) is 0.148. The number of alkyl halides is 3. The van der Waals surface area contributed by atoms with E-state index in [1.165, 1.54) is 44.6 Å². The monoisotopic (exact) mass is 639 g/mol. The maximum atomic E-state index is 14.2. The van der Waals surface area contributed by atoms with Gasteiger partial charge in [-0.15, -0.1) is 4.09 Å². The number of rotatable bonds is 6. The van der Waals surface area contributed by atoms with Crippen LogP contribution >= 0.6 is 11.6 Å². The van der Waals surface area contributed by atoms with Gasteiger partial charge in [0.05, 0.1) is 23.5 Å². The second-order valence-corrected chi connectivity index (χ2v) is 12.0. The largest absolute Gasteiger partial charge is 0.416 e. The molecular weight excluding hydrogens is 621 g/mol. The minimum atomic E-state index is -4.95. The first-order valence-electron chi connectivity index (χ1n) is 12.2. The number of carbonyl (C=O) groups excluding carboxylic acids is 2. The normalized spacial score (nSPS) is 15.0. The van der Waals surface area contributed by atoms with Crippen molar-refractivity contribution in [3.8, 4) is 11.3 Å². The first kappa shape index (κ1) is 30.1. The highest BCUT2D eigenvalue weighted by molar-refractivity contribution is 7.87. The summed E-state index contributed by atoms with van der Waals surface area (Å²) in [6.45, 7) is 0. The topological polar surface area (TPSA) is 113 Å². The van der Waals surface area contributed by atoms with E-state index in [9.17, 15) is 40.0 Å². The van der Waals surface area contributed by atoms with Crippen LogP contribution < -0.4 is 10.6 Å². The zero-order valence-corrected chi connectivity index (χ0v) is 23.6. The van der Waals surface area contributed by atoms with Crippen LogP contribution in [0.5, 0.6) is 0 Å². The molecule has 3 aromatic carbocycles. The van der Waals surface area contributed by atoms with Gasteiger partial charge in [-0.1, -0.05) is 11.6 Å². The van der Waals surface area contributed by atoms with Crippen LogP contribution in [0.1, 0.15) is 43.4 Å². The molecule has 9 nitrogen and oxygen atoms in total. The quantitative estimate of drug-likeness (QED) is 0.280. The number of benzene rings is 3. The van der Waals surface area contributed by atoms with Crippen molar-refractivity contribution in [3.05, 3.63) is 105 Å². The molecule has 1 aliphatic heterocycles. The van der Waals surface area contributed by atoms with Gasteiger partial charge in [0.1, 0.15) is 11.6 Å². The molecule has 43 heavy (non-hydrogen) atoms. The number of anilines is 1. The van der Waals surface area contributed by atoms with E-state index in [1.807, 2.05) is 0 Å². The van der Waals surface area contributed by atoms with Crippen molar-refractivity contribution in [2.45, 2.75) is 12.2 Å². The summed E-state index contributed by atoms with van der Waals surface area (Å²) in [5.74, 6) is -3.90. The van der Waals surface area contributed by atoms with Gasteiger partial charge in [0.2, 0.25) is 0 Å². The highest BCUT2D eigenvalue weighted by Crippen LogP contribution is 2.42. The molecular formula is C27H19ClF5N5O4S. The summed E-state index contributed by atoms with van der Waals surface area (Å²) in [6.07, 6.45) is -3.77. The van der Waals surface area contributed by atoms with Crippen molar-refractivity contribution < 1.29 is 40.0 Å². The Morgan fingerprint density at radius 2 is 1.77 bits per heavy atom. The summed E-state index contributed by atoms with van der Waals surface area (Å²) in [6, 6.07) is 7.44. The third kappa shape index (κ3) is 5.58. The second-order valence-electron chi connectivity index (χ2n) is 9.59. The lowest BCUT2D eigenvalue weighted by molar-refractivity contribution is -0.137. The molecule has 0 aliphatic carbocycles. The van der Waals surface area contributed by atoms with Crippen molar-refractivity contribution in [3.63, 3.8) is 0 Å². The fourth-order valence-corrected chi connectivity index (χ4v) is 5.69. The van der Waals surface area contributed by atoms with Gasteiger partial charge >= 0.3 is 16.4 Å². The van der Waals surface area contributed by atoms with E-state index < -0.39 is 57.0 Å². The molecule has 2 amide bonds. The summed E-state index contributed by atoms with van der Waals surface area (Å²) in [5, 5.41) is 8.95. The van der Waals surface area contributed by atoms with E-state index in [4.69, 9.17) is 11.6 Å².